The molecule has 0 aliphatic rings. The molecule has 1 atom stereocenters. The summed E-state index contributed by atoms with van der Waals surface area (Å²) in [7, 11) is 1.28. The fourth-order valence-corrected chi connectivity index (χ4v) is 1.90. The van der Waals surface area contributed by atoms with Crippen LogP contribution in [0.5, 0.6) is 5.75 Å². The number of rotatable bonds is 5. The summed E-state index contributed by atoms with van der Waals surface area (Å²) < 4.78 is 4.67. The Kier molecular flexibility index (Phi) is 5.82. The SMILES string of the molecule is COC(=O)[C@H](CC(C)C)NC(=O)c1ccc(O)c(Cl)c1. The van der Waals surface area contributed by atoms with Crippen LogP contribution in [0.2, 0.25) is 5.02 Å². The lowest BCUT2D eigenvalue weighted by atomic mass is 10.0. The van der Waals surface area contributed by atoms with Gasteiger partial charge in [0.05, 0.1) is 12.1 Å². The highest BCUT2D eigenvalue weighted by Gasteiger charge is 2.23. The zero-order valence-corrected chi connectivity index (χ0v) is 12.4. The predicted octanol–water partition coefficient (Wildman–Crippen LogP) is 2.36. The number of benzene rings is 1. The molecule has 0 saturated carbocycles. The van der Waals surface area contributed by atoms with E-state index in [9.17, 15) is 14.7 Å². The lowest BCUT2D eigenvalue weighted by molar-refractivity contribution is -0.143. The number of esters is 1. The van der Waals surface area contributed by atoms with Gasteiger partial charge in [0.25, 0.3) is 5.91 Å². The van der Waals surface area contributed by atoms with Gasteiger partial charge in [0.2, 0.25) is 0 Å². The molecule has 0 saturated heterocycles. The monoisotopic (exact) mass is 299 g/mol. The van der Waals surface area contributed by atoms with E-state index in [-0.39, 0.29) is 22.3 Å². The van der Waals surface area contributed by atoms with Crippen molar-refractivity contribution in [3.8, 4) is 5.75 Å². The molecule has 1 amide bonds. The molecule has 0 fully saturated rings. The highest BCUT2D eigenvalue weighted by Crippen LogP contribution is 2.23. The van der Waals surface area contributed by atoms with E-state index in [4.69, 9.17) is 11.6 Å². The normalized spacial score (nSPS) is 12.1. The van der Waals surface area contributed by atoms with Crippen molar-refractivity contribution in [2.45, 2.75) is 26.3 Å². The second-order valence-electron chi connectivity index (χ2n) is 4.84. The smallest absolute Gasteiger partial charge is 0.328 e. The van der Waals surface area contributed by atoms with Crippen LogP contribution >= 0.6 is 11.6 Å². The average molecular weight is 300 g/mol. The van der Waals surface area contributed by atoms with Crippen molar-refractivity contribution < 1.29 is 19.4 Å². The molecule has 0 aliphatic carbocycles. The first-order valence-corrected chi connectivity index (χ1v) is 6.60. The lowest BCUT2D eigenvalue weighted by Crippen LogP contribution is -2.42. The second kappa shape index (κ2) is 7.14. The van der Waals surface area contributed by atoms with Crippen molar-refractivity contribution in [3.63, 3.8) is 0 Å². The highest BCUT2D eigenvalue weighted by molar-refractivity contribution is 6.32. The van der Waals surface area contributed by atoms with Crippen LogP contribution in [-0.4, -0.2) is 30.1 Å². The second-order valence-corrected chi connectivity index (χ2v) is 5.25. The van der Waals surface area contributed by atoms with E-state index in [1.54, 1.807) is 0 Å². The summed E-state index contributed by atoms with van der Waals surface area (Å²) in [6.45, 7) is 3.89. The Balaban J connectivity index is 2.84. The van der Waals surface area contributed by atoms with Gasteiger partial charge in [0, 0.05) is 5.56 Å². The lowest BCUT2D eigenvalue weighted by Gasteiger charge is -2.18. The van der Waals surface area contributed by atoms with Gasteiger partial charge >= 0.3 is 5.97 Å². The van der Waals surface area contributed by atoms with E-state index in [0.717, 1.165) is 0 Å². The van der Waals surface area contributed by atoms with Gasteiger partial charge in [-0.15, -0.1) is 0 Å². The molecule has 1 rings (SSSR count). The van der Waals surface area contributed by atoms with Crippen molar-refractivity contribution in [2.75, 3.05) is 7.11 Å². The molecule has 0 aliphatic heterocycles. The number of phenolic OH excluding ortho intramolecular Hbond substituents is 1. The number of hydrogen-bond donors (Lipinski definition) is 2. The number of phenols is 1. The van der Waals surface area contributed by atoms with Gasteiger partial charge in [-0.3, -0.25) is 4.79 Å². The molecule has 0 radical (unpaired) electrons. The fraction of sp³-hybridized carbons (Fsp3) is 0.429. The highest BCUT2D eigenvalue weighted by atomic mass is 35.5. The van der Waals surface area contributed by atoms with Crippen LogP contribution in [0.25, 0.3) is 0 Å². The maximum Gasteiger partial charge on any atom is 0.328 e. The summed E-state index contributed by atoms with van der Waals surface area (Å²) in [5.74, 6) is -0.808. The van der Waals surface area contributed by atoms with Gasteiger partial charge in [-0.25, -0.2) is 4.79 Å². The van der Waals surface area contributed by atoms with Crippen molar-refractivity contribution in [1.29, 1.82) is 0 Å². The topological polar surface area (TPSA) is 75.6 Å². The molecule has 0 bridgehead atoms. The number of amides is 1. The summed E-state index contributed by atoms with van der Waals surface area (Å²) in [4.78, 5) is 23.7. The zero-order chi connectivity index (χ0) is 15.3. The number of nitrogens with one attached hydrogen (secondary N) is 1. The minimum atomic E-state index is -0.708. The molecule has 0 spiro atoms. The maximum absolute atomic E-state index is 12.1. The standard InChI is InChI=1S/C14H18ClNO4/c1-8(2)6-11(14(19)20-3)16-13(18)9-4-5-12(17)10(15)7-9/h4-5,7-8,11,17H,6H2,1-3H3,(H,16,18)/t11-/m0/s1. The average Bonchev–Trinajstić information content (AvgIpc) is 2.39. The minimum absolute atomic E-state index is 0.0797. The molecule has 5 nitrogen and oxygen atoms in total. The first kappa shape index (κ1) is 16.3. The number of halogens is 1. The van der Waals surface area contributed by atoms with E-state index in [2.05, 4.69) is 10.1 Å². The number of carbonyl (C=O) groups is 2. The zero-order valence-electron chi connectivity index (χ0n) is 11.6. The van der Waals surface area contributed by atoms with Crippen molar-refractivity contribution in [2.24, 2.45) is 5.92 Å². The van der Waals surface area contributed by atoms with Crippen LogP contribution in [0.3, 0.4) is 0 Å². The van der Waals surface area contributed by atoms with Gasteiger partial charge < -0.3 is 15.2 Å². The van der Waals surface area contributed by atoms with Gasteiger partial charge in [0.15, 0.2) is 0 Å². The maximum atomic E-state index is 12.1. The quantitative estimate of drug-likeness (QED) is 0.818. The number of methoxy groups -OCH3 is 1. The number of aromatic hydroxyl groups is 1. The van der Waals surface area contributed by atoms with Crippen molar-refractivity contribution >= 4 is 23.5 Å². The largest absolute Gasteiger partial charge is 0.506 e. The Morgan fingerprint density at radius 3 is 2.55 bits per heavy atom. The number of hydrogen-bond acceptors (Lipinski definition) is 4. The van der Waals surface area contributed by atoms with Crippen LogP contribution in [0, 0.1) is 5.92 Å². The third-order valence-electron chi connectivity index (χ3n) is 2.71. The summed E-state index contributed by atoms with van der Waals surface area (Å²) in [5.41, 5.74) is 0.269. The molecule has 1 aromatic rings. The summed E-state index contributed by atoms with van der Waals surface area (Å²) in [6.07, 6.45) is 0.476. The first-order valence-electron chi connectivity index (χ1n) is 6.22. The van der Waals surface area contributed by atoms with Gasteiger partial charge in [-0.05, 0) is 30.5 Å². The Bertz CT molecular complexity index is 502. The Morgan fingerprint density at radius 2 is 2.05 bits per heavy atom. The molecular formula is C14H18ClNO4. The van der Waals surface area contributed by atoms with Crippen LogP contribution < -0.4 is 5.32 Å². The van der Waals surface area contributed by atoms with E-state index in [1.807, 2.05) is 13.8 Å². The van der Waals surface area contributed by atoms with Crippen LogP contribution in [0.15, 0.2) is 18.2 Å². The van der Waals surface area contributed by atoms with Crippen LogP contribution in [-0.2, 0) is 9.53 Å². The van der Waals surface area contributed by atoms with Crippen molar-refractivity contribution in [3.05, 3.63) is 28.8 Å². The molecule has 2 N–H and O–H groups in total. The third kappa shape index (κ3) is 4.42. The predicted molar refractivity (Wildman–Crippen MR) is 75.8 cm³/mol. The summed E-state index contributed by atoms with van der Waals surface area (Å²) in [6, 6.07) is 3.39. The molecule has 0 aromatic heterocycles. The number of carbonyl (C=O) groups excluding carboxylic acids is 2. The molecule has 110 valence electrons. The molecule has 0 unspecified atom stereocenters. The first-order chi connectivity index (χ1) is 9.35. The van der Waals surface area contributed by atoms with Gasteiger partial charge in [-0.1, -0.05) is 25.4 Å². The molecular weight excluding hydrogens is 282 g/mol. The molecule has 6 heteroatoms. The summed E-state index contributed by atoms with van der Waals surface area (Å²) in [5, 5.41) is 12.0. The minimum Gasteiger partial charge on any atom is -0.506 e. The van der Waals surface area contributed by atoms with Gasteiger partial charge in [-0.2, -0.15) is 0 Å². The molecule has 20 heavy (non-hydrogen) atoms. The van der Waals surface area contributed by atoms with Crippen molar-refractivity contribution in [1.82, 2.24) is 5.32 Å². The Labute approximate surface area is 122 Å². The Morgan fingerprint density at radius 1 is 1.40 bits per heavy atom. The third-order valence-corrected chi connectivity index (χ3v) is 3.01. The summed E-state index contributed by atoms with van der Waals surface area (Å²) >= 11 is 5.75. The van der Waals surface area contributed by atoms with E-state index < -0.39 is 17.9 Å². The van der Waals surface area contributed by atoms with E-state index in [0.29, 0.717) is 6.42 Å². The van der Waals surface area contributed by atoms with E-state index in [1.165, 1.54) is 25.3 Å². The van der Waals surface area contributed by atoms with Crippen LogP contribution in [0.4, 0.5) is 0 Å². The number of ether oxygens (including phenoxy) is 1. The van der Waals surface area contributed by atoms with Crippen LogP contribution in [0.1, 0.15) is 30.6 Å². The van der Waals surface area contributed by atoms with Gasteiger partial charge in [0.1, 0.15) is 11.8 Å². The molecule has 0 heterocycles. The fourth-order valence-electron chi connectivity index (χ4n) is 1.72. The molecule has 1 aromatic carbocycles. The Hall–Kier alpha value is -1.75. The van der Waals surface area contributed by atoms with E-state index >= 15 is 0 Å².